The average Bonchev–Trinajstić information content (AvgIpc) is 3.06. The molecule has 0 unspecified atom stereocenters. The highest BCUT2D eigenvalue weighted by Crippen LogP contribution is 2.36. The predicted octanol–water partition coefficient (Wildman–Crippen LogP) is 6.16. The van der Waals surface area contributed by atoms with Gasteiger partial charge in [-0.1, -0.05) is 61.3 Å². The Hall–Kier alpha value is -1.97. The van der Waals surface area contributed by atoms with Crippen LogP contribution in [0.1, 0.15) is 43.7 Å². The third kappa shape index (κ3) is 4.85. The maximum absolute atomic E-state index is 12.6. The molecule has 3 aromatic rings. The van der Waals surface area contributed by atoms with Crippen molar-refractivity contribution in [2.75, 3.05) is 6.54 Å². The smallest absolute Gasteiger partial charge is 0.220 e. The molecular weight excluding hydrogens is 379 g/mol. The number of aromatic nitrogens is 1. The van der Waals surface area contributed by atoms with Crippen molar-refractivity contribution in [3.8, 4) is 0 Å². The van der Waals surface area contributed by atoms with Crippen LogP contribution >= 0.6 is 23.2 Å². The number of nitrogens with one attached hydrogen (secondary N) is 2. The van der Waals surface area contributed by atoms with Crippen molar-refractivity contribution < 1.29 is 4.79 Å². The standard InChI is InChI=1S/C22H24Cl2N2O/c1-14(2)9-10-25-22(27)12-17(15-7-8-19(23)20(24)11-15)18-13-26-21-6-4-3-5-16(18)21/h3-8,11,13-14,17,26H,9-10,12H2,1-2H3,(H,25,27)/t17-/m1/s1. The minimum absolute atomic E-state index is 0.0389. The lowest BCUT2D eigenvalue weighted by Gasteiger charge is -2.18. The molecule has 0 bridgehead atoms. The van der Waals surface area contributed by atoms with Gasteiger partial charge in [0.15, 0.2) is 0 Å². The fraction of sp³-hybridized carbons (Fsp3) is 0.318. The first-order valence-electron chi connectivity index (χ1n) is 9.23. The number of halogens is 2. The molecule has 27 heavy (non-hydrogen) atoms. The molecule has 1 heterocycles. The van der Waals surface area contributed by atoms with Crippen LogP contribution in [0.3, 0.4) is 0 Å². The summed E-state index contributed by atoms with van der Waals surface area (Å²) in [5.41, 5.74) is 3.12. The van der Waals surface area contributed by atoms with Crippen LogP contribution in [-0.4, -0.2) is 17.4 Å². The second-order valence-corrected chi connectivity index (χ2v) is 8.07. The summed E-state index contributed by atoms with van der Waals surface area (Å²) in [5.74, 6) is 0.497. The average molecular weight is 403 g/mol. The molecule has 1 atom stereocenters. The molecule has 0 aliphatic rings. The quantitative estimate of drug-likeness (QED) is 0.488. The molecule has 0 fully saturated rings. The van der Waals surface area contributed by atoms with E-state index >= 15 is 0 Å². The highest BCUT2D eigenvalue weighted by Gasteiger charge is 2.22. The number of aromatic amines is 1. The molecule has 0 radical (unpaired) electrons. The van der Waals surface area contributed by atoms with Crippen molar-refractivity contribution in [3.63, 3.8) is 0 Å². The molecule has 3 nitrogen and oxygen atoms in total. The van der Waals surface area contributed by atoms with E-state index in [1.165, 1.54) is 0 Å². The fourth-order valence-electron chi connectivity index (χ4n) is 3.28. The summed E-state index contributed by atoms with van der Waals surface area (Å²) in [7, 11) is 0. The molecule has 2 N–H and O–H groups in total. The second-order valence-electron chi connectivity index (χ2n) is 7.25. The van der Waals surface area contributed by atoms with Gasteiger partial charge in [-0.3, -0.25) is 4.79 Å². The van der Waals surface area contributed by atoms with Gasteiger partial charge < -0.3 is 10.3 Å². The Morgan fingerprint density at radius 1 is 1.11 bits per heavy atom. The minimum Gasteiger partial charge on any atom is -0.361 e. The SMILES string of the molecule is CC(C)CCNC(=O)C[C@H](c1ccc(Cl)c(Cl)c1)c1c[nH]c2ccccc12. The Kier molecular flexibility index (Phi) is 6.46. The van der Waals surface area contributed by atoms with Gasteiger partial charge in [0.25, 0.3) is 0 Å². The van der Waals surface area contributed by atoms with E-state index < -0.39 is 0 Å². The summed E-state index contributed by atoms with van der Waals surface area (Å²) < 4.78 is 0. The second kappa shape index (κ2) is 8.81. The Morgan fingerprint density at radius 2 is 1.89 bits per heavy atom. The molecule has 3 rings (SSSR count). The van der Waals surface area contributed by atoms with Crippen LogP contribution in [0.25, 0.3) is 10.9 Å². The zero-order valence-corrected chi connectivity index (χ0v) is 17.1. The molecule has 5 heteroatoms. The van der Waals surface area contributed by atoms with Gasteiger partial charge >= 0.3 is 0 Å². The fourth-order valence-corrected chi connectivity index (χ4v) is 3.58. The first kappa shape index (κ1) is 19.8. The van der Waals surface area contributed by atoms with Gasteiger partial charge in [-0.25, -0.2) is 0 Å². The number of fused-ring (bicyclic) bond motifs is 1. The minimum atomic E-state index is -0.102. The molecule has 0 saturated carbocycles. The first-order chi connectivity index (χ1) is 13.0. The monoisotopic (exact) mass is 402 g/mol. The van der Waals surface area contributed by atoms with E-state index in [1.807, 2.05) is 36.5 Å². The molecule has 0 aliphatic heterocycles. The van der Waals surface area contributed by atoms with Crippen molar-refractivity contribution >= 4 is 40.0 Å². The van der Waals surface area contributed by atoms with E-state index in [0.717, 1.165) is 28.5 Å². The highest BCUT2D eigenvalue weighted by molar-refractivity contribution is 6.42. The number of benzene rings is 2. The first-order valence-corrected chi connectivity index (χ1v) is 9.99. The van der Waals surface area contributed by atoms with Crippen molar-refractivity contribution in [2.24, 2.45) is 5.92 Å². The van der Waals surface area contributed by atoms with Crippen LogP contribution in [0.4, 0.5) is 0 Å². The zero-order valence-electron chi connectivity index (χ0n) is 15.6. The van der Waals surface area contributed by atoms with E-state index in [1.54, 1.807) is 6.07 Å². The summed E-state index contributed by atoms with van der Waals surface area (Å²) >= 11 is 12.3. The lowest BCUT2D eigenvalue weighted by atomic mass is 9.88. The van der Waals surface area contributed by atoms with E-state index in [9.17, 15) is 4.79 Å². The van der Waals surface area contributed by atoms with Crippen molar-refractivity contribution in [2.45, 2.75) is 32.6 Å². The lowest BCUT2D eigenvalue weighted by molar-refractivity contribution is -0.121. The summed E-state index contributed by atoms with van der Waals surface area (Å²) in [6, 6.07) is 13.7. The van der Waals surface area contributed by atoms with Crippen LogP contribution in [-0.2, 0) is 4.79 Å². The van der Waals surface area contributed by atoms with E-state index in [0.29, 0.717) is 28.9 Å². The van der Waals surface area contributed by atoms with Crippen molar-refractivity contribution in [3.05, 3.63) is 69.8 Å². The van der Waals surface area contributed by atoms with Gasteiger partial charge in [0.05, 0.1) is 10.0 Å². The Morgan fingerprint density at radius 3 is 2.63 bits per heavy atom. The normalized spacial score (nSPS) is 12.5. The predicted molar refractivity (Wildman–Crippen MR) is 114 cm³/mol. The van der Waals surface area contributed by atoms with Gasteiger partial charge in [-0.2, -0.15) is 0 Å². The van der Waals surface area contributed by atoms with Crippen LogP contribution < -0.4 is 5.32 Å². The number of carbonyl (C=O) groups excluding carboxylic acids is 1. The van der Waals surface area contributed by atoms with E-state index in [-0.39, 0.29) is 11.8 Å². The summed E-state index contributed by atoms with van der Waals surface area (Å²) in [5, 5.41) is 5.17. The maximum atomic E-state index is 12.6. The molecular formula is C22H24Cl2N2O. The number of H-pyrrole nitrogens is 1. The summed E-state index contributed by atoms with van der Waals surface area (Å²) in [6.07, 6.45) is 3.31. The maximum Gasteiger partial charge on any atom is 0.220 e. The van der Waals surface area contributed by atoms with Crippen LogP contribution in [0, 0.1) is 5.92 Å². The van der Waals surface area contributed by atoms with Crippen molar-refractivity contribution in [1.29, 1.82) is 0 Å². The Balaban J connectivity index is 1.91. The third-order valence-electron chi connectivity index (χ3n) is 4.78. The number of rotatable bonds is 7. The number of hydrogen-bond donors (Lipinski definition) is 2. The molecule has 2 aromatic carbocycles. The van der Waals surface area contributed by atoms with Crippen molar-refractivity contribution in [1.82, 2.24) is 10.3 Å². The molecule has 0 spiro atoms. The van der Waals surface area contributed by atoms with Gasteiger partial charge in [-0.05, 0) is 41.7 Å². The molecule has 0 saturated heterocycles. The van der Waals surface area contributed by atoms with E-state index in [2.05, 4.69) is 30.2 Å². The topological polar surface area (TPSA) is 44.9 Å². The van der Waals surface area contributed by atoms with Gasteiger partial charge in [0.2, 0.25) is 5.91 Å². The van der Waals surface area contributed by atoms with Crippen LogP contribution in [0.2, 0.25) is 10.0 Å². The molecule has 142 valence electrons. The largest absolute Gasteiger partial charge is 0.361 e. The van der Waals surface area contributed by atoms with Gasteiger partial charge in [0.1, 0.15) is 0 Å². The summed E-state index contributed by atoms with van der Waals surface area (Å²) in [4.78, 5) is 15.9. The molecule has 0 aliphatic carbocycles. The van der Waals surface area contributed by atoms with Gasteiger partial charge in [0, 0.05) is 36.0 Å². The third-order valence-corrected chi connectivity index (χ3v) is 5.52. The van der Waals surface area contributed by atoms with Gasteiger partial charge in [-0.15, -0.1) is 0 Å². The van der Waals surface area contributed by atoms with Crippen LogP contribution in [0.15, 0.2) is 48.7 Å². The van der Waals surface area contributed by atoms with E-state index in [4.69, 9.17) is 23.2 Å². The lowest BCUT2D eigenvalue weighted by Crippen LogP contribution is -2.27. The highest BCUT2D eigenvalue weighted by atomic mass is 35.5. The number of para-hydroxylation sites is 1. The summed E-state index contributed by atoms with van der Waals surface area (Å²) in [6.45, 7) is 4.99. The number of amides is 1. The zero-order chi connectivity index (χ0) is 19.4. The number of hydrogen-bond acceptors (Lipinski definition) is 1. The number of carbonyl (C=O) groups is 1. The Labute approximate surface area is 170 Å². The Bertz CT molecular complexity index is 933. The van der Waals surface area contributed by atoms with Crippen LogP contribution in [0.5, 0.6) is 0 Å². The molecule has 1 aromatic heterocycles. The molecule has 1 amide bonds.